The maximum atomic E-state index is 11.9. The first kappa shape index (κ1) is 25.0. The quantitative estimate of drug-likeness (QED) is 0.145. The predicted molar refractivity (Wildman–Crippen MR) is 118 cm³/mol. The maximum Gasteiger partial charge on any atom is 0.308 e. The largest absolute Gasteiger partial charge is 0.460 e. The molecule has 0 saturated heterocycles. The van der Waals surface area contributed by atoms with Crippen LogP contribution < -0.4 is 4.74 Å². The van der Waals surface area contributed by atoms with E-state index in [1.54, 1.807) is 12.1 Å². The molecule has 9 heteroatoms. The number of hydrogen-bond acceptors (Lipinski definition) is 8. The Morgan fingerprint density at radius 2 is 1.66 bits per heavy atom. The van der Waals surface area contributed by atoms with Gasteiger partial charge < -0.3 is 14.2 Å². The minimum atomic E-state index is -0.481. The van der Waals surface area contributed by atoms with Gasteiger partial charge in [0.1, 0.15) is 16.9 Å². The third kappa shape index (κ3) is 8.49. The molecule has 0 amide bonds. The number of nitrogens with zero attached hydrogens (tertiary/aromatic N) is 2. The molecule has 32 heavy (non-hydrogen) atoms. The summed E-state index contributed by atoms with van der Waals surface area (Å²) in [6, 6.07) is 5.98. The maximum absolute atomic E-state index is 11.9. The van der Waals surface area contributed by atoms with E-state index in [1.165, 1.54) is 18.3 Å². The van der Waals surface area contributed by atoms with Crippen LogP contribution in [-0.4, -0.2) is 34.2 Å². The number of fused-ring (bicyclic) bond motifs is 1. The number of aromatic nitrogens is 1. The van der Waals surface area contributed by atoms with Crippen LogP contribution in [0.25, 0.3) is 10.9 Å². The number of benzene rings is 1. The molecule has 0 saturated carbocycles. The Morgan fingerprint density at radius 3 is 2.31 bits per heavy atom. The van der Waals surface area contributed by atoms with Crippen molar-refractivity contribution in [1.82, 2.24) is 4.98 Å². The Kier molecular flexibility index (Phi) is 9.37. The first-order valence-corrected chi connectivity index (χ1v) is 10.7. The average Bonchev–Trinajstić information content (AvgIpc) is 2.71. The number of esters is 2. The van der Waals surface area contributed by atoms with Gasteiger partial charge in [-0.15, -0.1) is 0 Å². The molecule has 0 unspecified atom stereocenters. The molecule has 0 fully saturated rings. The molecule has 2 rings (SSSR count). The molecule has 0 spiro atoms. The Hall–Kier alpha value is -3.23. The van der Waals surface area contributed by atoms with E-state index < -0.39 is 10.5 Å². The number of rotatable bonds is 12. The first-order chi connectivity index (χ1) is 15.2. The number of nitro groups is 1. The number of non-ortho nitro benzene ring substituents is 1. The number of carbonyl (C=O) groups excluding carboxylic acids is 2. The van der Waals surface area contributed by atoms with Crippen molar-refractivity contribution < 1.29 is 28.7 Å². The van der Waals surface area contributed by atoms with Gasteiger partial charge in [-0.3, -0.25) is 24.7 Å². The topological polar surface area (TPSA) is 118 Å². The lowest BCUT2D eigenvalue weighted by Crippen LogP contribution is -2.23. The average molecular weight is 447 g/mol. The zero-order valence-corrected chi connectivity index (χ0v) is 18.8. The molecule has 0 N–H and O–H groups in total. The molecule has 0 aliphatic heterocycles. The van der Waals surface area contributed by atoms with Gasteiger partial charge in [-0.2, -0.15) is 0 Å². The fourth-order valence-corrected chi connectivity index (χ4v) is 3.10. The molecular weight excluding hydrogens is 416 g/mol. The summed E-state index contributed by atoms with van der Waals surface area (Å²) >= 11 is 0. The molecule has 1 heterocycles. The second-order valence-corrected chi connectivity index (χ2v) is 8.37. The summed E-state index contributed by atoms with van der Waals surface area (Å²) in [7, 11) is 0. The van der Waals surface area contributed by atoms with Gasteiger partial charge in [0, 0.05) is 25.1 Å². The summed E-state index contributed by atoms with van der Waals surface area (Å²) in [4.78, 5) is 38.3. The van der Waals surface area contributed by atoms with E-state index in [0.29, 0.717) is 29.5 Å². The van der Waals surface area contributed by atoms with Crippen LogP contribution in [0, 0.1) is 10.1 Å². The van der Waals surface area contributed by atoms with Crippen molar-refractivity contribution in [3.05, 3.63) is 40.6 Å². The van der Waals surface area contributed by atoms with E-state index in [-0.39, 0.29) is 30.8 Å². The van der Waals surface area contributed by atoms with Gasteiger partial charge in [-0.25, -0.2) is 0 Å². The zero-order chi connectivity index (χ0) is 23.6. The van der Waals surface area contributed by atoms with Crippen LogP contribution in [0.1, 0.15) is 65.7 Å². The van der Waals surface area contributed by atoms with Crippen LogP contribution in [-0.2, 0) is 19.1 Å². The van der Waals surface area contributed by atoms with Crippen molar-refractivity contribution in [2.75, 3.05) is 6.79 Å². The normalized spacial score (nSPS) is 11.2. The SMILES string of the molecule is CC(C)(C)OC(=O)CCCCCCCC(=O)OCOc1ccc([N+](=O)[O-])c2cccnc12. The third-order valence-electron chi connectivity index (χ3n) is 4.52. The number of unbranched alkanes of at least 4 members (excludes halogenated alkanes) is 4. The van der Waals surface area contributed by atoms with Crippen molar-refractivity contribution in [3.63, 3.8) is 0 Å². The molecule has 0 aliphatic carbocycles. The molecule has 0 radical (unpaired) electrons. The van der Waals surface area contributed by atoms with E-state index >= 15 is 0 Å². The molecule has 2 aromatic rings. The summed E-state index contributed by atoms with van der Waals surface area (Å²) in [5.74, 6) is -0.251. The molecule has 1 aromatic carbocycles. The van der Waals surface area contributed by atoms with E-state index in [2.05, 4.69) is 4.98 Å². The van der Waals surface area contributed by atoms with Gasteiger partial charge in [-0.1, -0.05) is 19.3 Å². The van der Waals surface area contributed by atoms with Gasteiger partial charge in [-0.05, 0) is 51.8 Å². The van der Waals surface area contributed by atoms with Crippen molar-refractivity contribution in [2.24, 2.45) is 0 Å². The number of carbonyl (C=O) groups is 2. The van der Waals surface area contributed by atoms with Crippen molar-refractivity contribution in [3.8, 4) is 5.75 Å². The summed E-state index contributed by atoms with van der Waals surface area (Å²) < 4.78 is 15.8. The molecule has 174 valence electrons. The van der Waals surface area contributed by atoms with Crippen LogP contribution in [0.15, 0.2) is 30.5 Å². The van der Waals surface area contributed by atoms with Crippen LogP contribution in [0.5, 0.6) is 5.75 Å². The Morgan fingerprint density at radius 1 is 1.00 bits per heavy atom. The second-order valence-electron chi connectivity index (χ2n) is 8.37. The Balaban J connectivity index is 1.63. The van der Waals surface area contributed by atoms with Crippen molar-refractivity contribution >= 4 is 28.5 Å². The lowest BCUT2D eigenvalue weighted by molar-refractivity contribution is -0.383. The second kappa shape index (κ2) is 12.0. The lowest BCUT2D eigenvalue weighted by atomic mass is 10.1. The van der Waals surface area contributed by atoms with Gasteiger partial charge >= 0.3 is 11.9 Å². The molecule has 0 bridgehead atoms. The summed E-state index contributed by atoms with van der Waals surface area (Å²) in [6.45, 7) is 5.25. The number of pyridine rings is 1. The summed E-state index contributed by atoms with van der Waals surface area (Å²) in [5.41, 5.74) is -0.184. The number of nitro benzene ring substituents is 1. The van der Waals surface area contributed by atoms with Gasteiger partial charge in [0.25, 0.3) is 5.69 Å². The lowest BCUT2D eigenvalue weighted by Gasteiger charge is -2.19. The minimum absolute atomic E-state index is 0.0662. The highest BCUT2D eigenvalue weighted by atomic mass is 16.7. The van der Waals surface area contributed by atoms with Crippen LogP contribution >= 0.6 is 0 Å². The molecular formula is C23H30N2O7. The highest BCUT2D eigenvalue weighted by Crippen LogP contribution is 2.31. The minimum Gasteiger partial charge on any atom is -0.460 e. The molecule has 0 atom stereocenters. The van der Waals surface area contributed by atoms with E-state index in [0.717, 1.165) is 25.7 Å². The Bertz CT molecular complexity index is 938. The van der Waals surface area contributed by atoms with Crippen LogP contribution in [0.4, 0.5) is 5.69 Å². The Labute approximate surface area is 187 Å². The fourth-order valence-electron chi connectivity index (χ4n) is 3.10. The van der Waals surface area contributed by atoms with Gasteiger partial charge in [0.2, 0.25) is 6.79 Å². The first-order valence-electron chi connectivity index (χ1n) is 10.7. The van der Waals surface area contributed by atoms with E-state index in [1.807, 2.05) is 20.8 Å². The standard InChI is InChI=1S/C23H30N2O7/c1-23(2,3)32-21(27)12-8-6-4-5-7-11-20(26)31-16-30-19-14-13-18(25(28)29)17-10-9-15-24-22(17)19/h9-10,13-15H,4-8,11-12,16H2,1-3H3. The summed E-state index contributed by atoms with van der Waals surface area (Å²) in [6.07, 6.45) is 6.33. The van der Waals surface area contributed by atoms with Gasteiger partial charge in [0.05, 0.1) is 10.3 Å². The van der Waals surface area contributed by atoms with Gasteiger partial charge in [0.15, 0.2) is 0 Å². The monoisotopic (exact) mass is 446 g/mol. The van der Waals surface area contributed by atoms with Crippen molar-refractivity contribution in [1.29, 1.82) is 0 Å². The smallest absolute Gasteiger partial charge is 0.308 e. The van der Waals surface area contributed by atoms with E-state index in [9.17, 15) is 19.7 Å². The van der Waals surface area contributed by atoms with Crippen LogP contribution in [0.3, 0.4) is 0 Å². The third-order valence-corrected chi connectivity index (χ3v) is 4.52. The molecule has 0 aliphatic rings. The van der Waals surface area contributed by atoms with Crippen LogP contribution in [0.2, 0.25) is 0 Å². The zero-order valence-electron chi connectivity index (χ0n) is 18.8. The fraction of sp³-hybridized carbons (Fsp3) is 0.522. The molecule has 1 aromatic heterocycles. The predicted octanol–water partition coefficient (Wildman–Crippen LogP) is 5.09. The van der Waals surface area contributed by atoms with Crippen molar-refractivity contribution in [2.45, 2.75) is 71.3 Å². The number of ether oxygens (including phenoxy) is 3. The highest BCUT2D eigenvalue weighted by Gasteiger charge is 2.17. The number of hydrogen-bond donors (Lipinski definition) is 0. The summed E-state index contributed by atoms with van der Waals surface area (Å²) in [5, 5.41) is 11.5. The van der Waals surface area contributed by atoms with E-state index in [4.69, 9.17) is 14.2 Å². The highest BCUT2D eigenvalue weighted by molar-refractivity contribution is 5.92. The molecule has 9 nitrogen and oxygen atoms in total.